The predicted molar refractivity (Wildman–Crippen MR) is 71.6 cm³/mol. The molecule has 0 aromatic heterocycles. The van der Waals surface area contributed by atoms with Crippen molar-refractivity contribution in [1.82, 2.24) is 0 Å². The number of halogens is 1. The predicted octanol–water partition coefficient (Wildman–Crippen LogP) is 2.43. The zero-order chi connectivity index (χ0) is 13.8. The number of hydrogen-bond acceptors (Lipinski definition) is 3. The third-order valence-electron chi connectivity index (χ3n) is 3.07. The summed E-state index contributed by atoms with van der Waals surface area (Å²) in [6.07, 6.45) is 3.44. The SMILES string of the molecule is CC(N)CC(=O)Nc1ccc(OC2CCC2)c(F)c1. The van der Waals surface area contributed by atoms with E-state index in [1.165, 1.54) is 6.07 Å². The van der Waals surface area contributed by atoms with Crippen LogP contribution < -0.4 is 15.8 Å². The van der Waals surface area contributed by atoms with Crippen molar-refractivity contribution in [3.05, 3.63) is 24.0 Å². The van der Waals surface area contributed by atoms with Crippen LogP contribution in [0.4, 0.5) is 10.1 Å². The molecular formula is C14H19FN2O2. The van der Waals surface area contributed by atoms with Gasteiger partial charge in [-0.25, -0.2) is 4.39 Å². The van der Waals surface area contributed by atoms with Gasteiger partial charge in [0.25, 0.3) is 0 Å². The fraction of sp³-hybridized carbons (Fsp3) is 0.500. The van der Waals surface area contributed by atoms with Crippen molar-refractivity contribution in [2.75, 3.05) is 5.32 Å². The van der Waals surface area contributed by atoms with Crippen LogP contribution in [0, 0.1) is 5.82 Å². The van der Waals surface area contributed by atoms with Crippen LogP contribution in [0.5, 0.6) is 5.75 Å². The molecule has 104 valence electrons. The molecule has 4 nitrogen and oxygen atoms in total. The summed E-state index contributed by atoms with van der Waals surface area (Å²) in [5.74, 6) is -0.428. The highest BCUT2D eigenvalue weighted by atomic mass is 19.1. The Morgan fingerprint density at radius 2 is 2.32 bits per heavy atom. The van der Waals surface area contributed by atoms with Gasteiger partial charge in [0.15, 0.2) is 11.6 Å². The smallest absolute Gasteiger partial charge is 0.225 e. The zero-order valence-corrected chi connectivity index (χ0v) is 11.0. The average molecular weight is 266 g/mol. The van der Waals surface area contributed by atoms with Crippen LogP contribution in [0.1, 0.15) is 32.6 Å². The monoisotopic (exact) mass is 266 g/mol. The molecule has 1 amide bonds. The second-order valence-electron chi connectivity index (χ2n) is 5.05. The van der Waals surface area contributed by atoms with E-state index < -0.39 is 5.82 Å². The number of carbonyl (C=O) groups excluding carboxylic acids is 1. The van der Waals surface area contributed by atoms with Crippen LogP contribution >= 0.6 is 0 Å². The summed E-state index contributed by atoms with van der Waals surface area (Å²) < 4.78 is 19.3. The Labute approximate surface area is 112 Å². The normalized spacial score (nSPS) is 16.6. The lowest BCUT2D eigenvalue weighted by atomic mass is 9.96. The lowest BCUT2D eigenvalue weighted by molar-refractivity contribution is -0.116. The van der Waals surface area contributed by atoms with Crippen LogP contribution in [-0.2, 0) is 4.79 Å². The topological polar surface area (TPSA) is 64.4 Å². The molecule has 2 rings (SSSR count). The van der Waals surface area contributed by atoms with Crippen LogP contribution in [0.2, 0.25) is 0 Å². The third kappa shape index (κ3) is 3.92. The minimum absolute atomic E-state index is 0.132. The average Bonchev–Trinajstić information content (AvgIpc) is 2.24. The maximum atomic E-state index is 13.8. The van der Waals surface area contributed by atoms with E-state index in [1.54, 1.807) is 19.1 Å². The van der Waals surface area contributed by atoms with E-state index in [9.17, 15) is 9.18 Å². The summed E-state index contributed by atoms with van der Waals surface area (Å²) in [5, 5.41) is 2.61. The molecule has 3 N–H and O–H groups in total. The van der Waals surface area contributed by atoms with Crippen molar-refractivity contribution in [3.8, 4) is 5.75 Å². The Balaban J connectivity index is 1.95. The molecule has 1 atom stereocenters. The van der Waals surface area contributed by atoms with E-state index in [-0.39, 0.29) is 30.2 Å². The lowest BCUT2D eigenvalue weighted by Crippen LogP contribution is -2.25. The fourth-order valence-electron chi connectivity index (χ4n) is 1.85. The molecule has 0 radical (unpaired) electrons. The summed E-state index contributed by atoms with van der Waals surface area (Å²) in [5.41, 5.74) is 5.94. The fourth-order valence-corrected chi connectivity index (χ4v) is 1.85. The number of benzene rings is 1. The molecule has 0 aliphatic heterocycles. The van der Waals surface area contributed by atoms with Crippen molar-refractivity contribution in [2.24, 2.45) is 5.73 Å². The van der Waals surface area contributed by atoms with Gasteiger partial charge >= 0.3 is 0 Å². The maximum absolute atomic E-state index is 13.8. The summed E-state index contributed by atoms with van der Waals surface area (Å²) in [4.78, 5) is 11.5. The Morgan fingerprint density at radius 3 is 2.84 bits per heavy atom. The number of carbonyl (C=O) groups is 1. The largest absolute Gasteiger partial charge is 0.487 e. The molecule has 1 aromatic carbocycles. The highest BCUT2D eigenvalue weighted by Gasteiger charge is 2.20. The van der Waals surface area contributed by atoms with Gasteiger partial charge in [0.05, 0.1) is 6.10 Å². The van der Waals surface area contributed by atoms with E-state index in [1.807, 2.05) is 0 Å². The molecular weight excluding hydrogens is 247 g/mol. The first-order valence-electron chi connectivity index (χ1n) is 6.56. The molecule has 0 saturated heterocycles. The van der Waals surface area contributed by atoms with Crippen molar-refractivity contribution in [1.29, 1.82) is 0 Å². The number of amides is 1. The molecule has 19 heavy (non-hydrogen) atoms. The maximum Gasteiger partial charge on any atom is 0.225 e. The van der Waals surface area contributed by atoms with Gasteiger partial charge in [-0.15, -0.1) is 0 Å². The summed E-state index contributed by atoms with van der Waals surface area (Å²) >= 11 is 0. The molecule has 1 fully saturated rings. The van der Waals surface area contributed by atoms with Gasteiger partial charge in [-0.2, -0.15) is 0 Å². The van der Waals surface area contributed by atoms with Crippen molar-refractivity contribution >= 4 is 11.6 Å². The standard InChI is InChI=1S/C14H19FN2O2/c1-9(16)7-14(18)17-10-5-6-13(12(15)8-10)19-11-3-2-4-11/h5-6,8-9,11H,2-4,7,16H2,1H3,(H,17,18). The number of hydrogen-bond donors (Lipinski definition) is 2. The molecule has 5 heteroatoms. The zero-order valence-electron chi connectivity index (χ0n) is 11.0. The van der Waals surface area contributed by atoms with Crippen molar-refractivity contribution in [2.45, 2.75) is 44.8 Å². The van der Waals surface area contributed by atoms with Crippen LogP contribution in [0.3, 0.4) is 0 Å². The molecule has 1 aliphatic rings. The van der Waals surface area contributed by atoms with Crippen molar-refractivity contribution in [3.63, 3.8) is 0 Å². The Morgan fingerprint density at radius 1 is 1.58 bits per heavy atom. The third-order valence-corrected chi connectivity index (χ3v) is 3.07. The molecule has 0 heterocycles. The second-order valence-corrected chi connectivity index (χ2v) is 5.05. The van der Waals surface area contributed by atoms with Gasteiger partial charge in [-0.1, -0.05) is 0 Å². The first-order chi connectivity index (χ1) is 9.04. The van der Waals surface area contributed by atoms with E-state index in [0.717, 1.165) is 19.3 Å². The quantitative estimate of drug-likeness (QED) is 0.860. The van der Waals surface area contributed by atoms with Crippen LogP contribution in [-0.4, -0.2) is 18.1 Å². The summed E-state index contributed by atoms with van der Waals surface area (Å²) in [6, 6.07) is 4.24. The van der Waals surface area contributed by atoms with E-state index in [0.29, 0.717) is 5.69 Å². The molecule has 1 aliphatic carbocycles. The minimum Gasteiger partial charge on any atom is -0.487 e. The van der Waals surface area contributed by atoms with Gasteiger partial charge in [-0.3, -0.25) is 4.79 Å². The molecule has 0 spiro atoms. The van der Waals surface area contributed by atoms with Gasteiger partial charge in [0, 0.05) is 24.2 Å². The highest BCUT2D eigenvalue weighted by Crippen LogP contribution is 2.28. The number of nitrogens with two attached hydrogens (primary N) is 1. The van der Waals surface area contributed by atoms with E-state index in [2.05, 4.69) is 5.32 Å². The number of rotatable bonds is 5. The highest BCUT2D eigenvalue weighted by molar-refractivity contribution is 5.91. The number of ether oxygens (including phenoxy) is 1. The van der Waals surface area contributed by atoms with Crippen molar-refractivity contribution < 1.29 is 13.9 Å². The lowest BCUT2D eigenvalue weighted by Gasteiger charge is -2.26. The minimum atomic E-state index is -0.453. The Kier molecular flexibility index (Phi) is 4.37. The second kappa shape index (κ2) is 6.02. The molecule has 1 aromatic rings. The first-order valence-corrected chi connectivity index (χ1v) is 6.56. The van der Waals surface area contributed by atoms with E-state index in [4.69, 9.17) is 10.5 Å². The van der Waals surface area contributed by atoms with Gasteiger partial charge < -0.3 is 15.8 Å². The Bertz CT molecular complexity index is 459. The number of nitrogens with one attached hydrogen (secondary N) is 1. The summed E-state index contributed by atoms with van der Waals surface area (Å²) in [6.45, 7) is 1.75. The molecule has 0 bridgehead atoms. The van der Waals surface area contributed by atoms with E-state index >= 15 is 0 Å². The van der Waals surface area contributed by atoms with Crippen LogP contribution in [0.25, 0.3) is 0 Å². The molecule has 1 saturated carbocycles. The van der Waals surface area contributed by atoms with Gasteiger partial charge in [-0.05, 0) is 38.3 Å². The number of anilines is 1. The van der Waals surface area contributed by atoms with Gasteiger partial charge in [0.2, 0.25) is 5.91 Å². The van der Waals surface area contributed by atoms with Gasteiger partial charge in [0.1, 0.15) is 0 Å². The molecule has 1 unspecified atom stereocenters. The van der Waals surface area contributed by atoms with Crippen LogP contribution in [0.15, 0.2) is 18.2 Å². The summed E-state index contributed by atoms with van der Waals surface area (Å²) in [7, 11) is 0. The first kappa shape index (κ1) is 13.8. The Hall–Kier alpha value is -1.62.